The monoisotopic (exact) mass is 386 g/mol. The first-order chi connectivity index (χ1) is 14.0. The van der Waals surface area contributed by atoms with Crippen molar-refractivity contribution in [1.82, 2.24) is 10.3 Å². The minimum Gasteiger partial charge on any atom is -0.382 e. The number of hydrogen-bond acceptors (Lipinski definition) is 4. The first-order valence-electron chi connectivity index (χ1n) is 9.14. The summed E-state index contributed by atoms with van der Waals surface area (Å²) in [6.07, 6.45) is 4.83. The zero-order valence-corrected chi connectivity index (χ0v) is 16.1. The van der Waals surface area contributed by atoms with Gasteiger partial charge in [0.25, 0.3) is 5.91 Å². The van der Waals surface area contributed by atoms with Crippen LogP contribution < -0.4 is 16.4 Å². The van der Waals surface area contributed by atoms with Crippen LogP contribution in [0.1, 0.15) is 27.0 Å². The molecule has 4 N–H and O–H groups in total. The molecule has 0 aliphatic heterocycles. The van der Waals surface area contributed by atoms with Gasteiger partial charge in [-0.1, -0.05) is 42.0 Å². The number of hydrogen-bond donors (Lipinski definition) is 3. The molecule has 6 heteroatoms. The normalized spacial score (nSPS) is 10.7. The highest BCUT2D eigenvalue weighted by atomic mass is 16.2. The number of carbonyl (C=O) groups is 2. The van der Waals surface area contributed by atoms with E-state index in [2.05, 4.69) is 15.6 Å². The lowest BCUT2D eigenvalue weighted by molar-refractivity contribution is -0.116. The number of carbonyl (C=O) groups excluding carboxylic acids is 2. The van der Waals surface area contributed by atoms with Gasteiger partial charge in [0.05, 0.1) is 5.69 Å². The summed E-state index contributed by atoms with van der Waals surface area (Å²) in [6, 6.07) is 18.3. The summed E-state index contributed by atoms with van der Waals surface area (Å²) in [7, 11) is 0. The van der Waals surface area contributed by atoms with Crippen molar-refractivity contribution in [2.24, 2.45) is 0 Å². The van der Waals surface area contributed by atoms with E-state index >= 15 is 0 Å². The third-order valence-corrected chi connectivity index (χ3v) is 4.27. The topological polar surface area (TPSA) is 97.1 Å². The van der Waals surface area contributed by atoms with E-state index in [1.54, 1.807) is 48.7 Å². The minimum absolute atomic E-state index is 0.181. The molecule has 0 bridgehead atoms. The maximum absolute atomic E-state index is 12.3. The van der Waals surface area contributed by atoms with E-state index in [4.69, 9.17) is 5.73 Å². The first kappa shape index (κ1) is 19.8. The van der Waals surface area contributed by atoms with Gasteiger partial charge in [-0.3, -0.25) is 9.59 Å². The number of anilines is 2. The fourth-order valence-electron chi connectivity index (χ4n) is 2.59. The van der Waals surface area contributed by atoms with E-state index < -0.39 is 0 Å². The number of amides is 2. The average molecular weight is 386 g/mol. The molecule has 0 unspecified atom stereocenters. The van der Waals surface area contributed by atoms with Crippen LogP contribution >= 0.6 is 0 Å². The molecule has 0 aliphatic carbocycles. The van der Waals surface area contributed by atoms with Crippen molar-refractivity contribution in [2.75, 3.05) is 11.1 Å². The van der Waals surface area contributed by atoms with Gasteiger partial charge in [0, 0.05) is 24.4 Å². The van der Waals surface area contributed by atoms with Gasteiger partial charge < -0.3 is 16.4 Å². The van der Waals surface area contributed by atoms with Gasteiger partial charge in [-0.25, -0.2) is 4.98 Å². The van der Waals surface area contributed by atoms with Crippen LogP contribution in [0.15, 0.2) is 72.9 Å². The van der Waals surface area contributed by atoms with E-state index in [9.17, 15) is 9.59 Å². The fraction of sp³-hybridized carbons (Fsp3) is 0.0870. The lowest BCUT2D eigenvalue weighted by atomic mass is 10.1. The molecule has 2 amide bonds. The predicted octanol–water partition coefficient (Wildman–Crippen LogP) is 3.55. The third-order valence-electron chi connectivity index (χ3n) is 4.27. The largest absolute Gasteiger partial charge is 0.382 e. The van der Waals surface area contributed by atoms with E-state index in [0.29, 0.717) is 17.8 Å². The molecule has 0 atom stereocenters. The Labute approximate surface area is 169 Å². The Hall–Kier alpha value is -3.93. The predicted molar refractivity (Wildman–Crippen MR) is 115 cm³/mol. The van der Waals surface area contributed by atoms with Crippen molar-refractivity contribution in [3.05, 3.63) is 95.2 Å². The van der Waals surface area contributed by atoms with Crippen molar-refractivity contribution in [2.45, 2.75) is 13.5 Å². The van der Waals surface area contributed by atoms with Crippen molar-refractivity contribution < 1.29 is 9.59 Å². The Balaban J connectivity index is 1.52. The summed E-state index contributed by atoms with van der Waals surface area (Å²) in [5, 5.41) is 5.55. The van der Waals surface area contributed by atoms with Crippen molar-refractivity contribution >= 4 is 29.4 Å². The second-order valence-electron chi connectivity index (χ2n) is 6.55. The zero-order valence-electron chi connectivity index (χ0n) is 16.1. The smallest absolute Gasteiger partial charge is 0.255 e. The van der Waals surface area contributed by atoms with Crippen LogP contribution in [0, 0.1) is 6.92 Å². The maximum atomic E-state index is 12.3. The summed E-state index contributed by atoms with van der Waals surface area (Å²) in [5.74, 6) is -0.195. The number of nitrogens with two attached hydrogens (primary N) is 1. The Bertz CT molecular complexity index is 1030. The Morgan fingerprint density at radius 2 is 1.76 bits per heavy atom. The van der Waals surface area contributed by atoms with Crippen LogP contribution in [-0.4, -0.2) is 16.8 Å². The van der Waals surface area contributed by atoms with Crippen LogP contribution in [0.5, 0.6) is 0 Å². The molecule has 0 saturated carbocycles. The fourth-order valence-corrected chi connectivity index (χ4v) is 2.59. The Morgan fingerprint density at radius 3 is 2.45 bits per heavy atom. The quantitative estimate of drug-likeness (QED) is 0.564. The van der Waals surface area contributed by atoms with Gasteiger partial charge in [-0.2, -0.15) is 0 Å². The summed E-state index contributed by atoms with van der Waals surface area (Å²) >= 11 is 0. The molecule has 0 aliphatic rings. The van der Waals surface area contributed by atoms with Crippen LogP contribution in [0.4, 0.5) is 11.5 Å². The zero-order chi connectivity index (χ0) is 20.6. The molecule has 1 heterocycles. The van der Waals surface area contributed by atoms with Gasteiger partial charge in [-0.05, 0) is 48.4 Å². The first-order valence-corrected chi connectivity index (χ1v) is 9.14. The molecule has 0 radical (unpaired) electrons. The van der Waals surface area contributed by atoms with Gasteiger partial charge >= 0.3 is 0 Å². The van der Waals surface area contributed by atoms with Crippen molar-refractivity contribution in [1.29, 1.82) is 0 Å². The highest BCUT2D eigenvalue weighted by Crippen LogP contribution is 2.15. The number of rotatable bonds is 6. The number of nitrogens with one attached hydrogen (secondary N) is 2. The number of pyridine rings is 1. The lowest BCUT2D eigenvalue weighted by Crippen LogP contribution is -2.20. The van der Waals surface area contributed by atoms with E-state index in [0.717, 1.165) is 11.1 Å². The molecule has 0 spiro atoms. The molecule has 1 aromatic heterocycles. The standard InChI is InChI=1S/C23H22N4O2/c1-16-4-6-17(7-5-16)10-13-21(28)26-15-18-8-11-19(12-9-18)23(29)27-20-3-2-14-25-22(20)24/h2-14H,15H2,1H3,(H2,24,25)(H,26,28)(H,27,29)/b13-10+. The van der Waals surface area contributed by atoms with Crippen LogP contribution in [0.2, 0.25) is 0 Å². The van der Waals surface area contributed by atoms with E-state index in [1.165, 1.54) is 11.6 Å². The number of aromatic nitrogens is 1. The number of nitrogens with zero attached hydrogens (tertiary/aromatic N) is 1. The number of aryl methyl sites for hydroxylation is 1. The van der Waals surface area contributed by atoms with Crippen molar-refractivity contribution in [3.8, 4) is 0 Å². The van der Waals surface area contributed by atoms with Gasteiger partial charge in [0.15, 0.2) is 0 Å². The second kappa shape index (κ2) is 9.32. The molecule has 3 aromatic rings. The number of nitrogen functional groups attached to an aromatic ring is 1. The molecule has 0 fully saturated rings. The molecule has 3 rings (SSSR count). The molecular formula is C23H22N4O2. The Morgan fingerprint density at radius 1 is 1.03 bits per heavy atom. The Kier molecular flexibility index (Phi) is 6.37. The van der Waals surface area contributed by atoms with Gasteiger partial charge in [-0.15, -0.1) is 0 Å². The summed E-state index contributed by atoms with van der Waals surface area (Å²) in [4.78, 5) is 28.2. The average Bonchev–Trinajstić information content (AvgIpc) is 2.74. The summed E-state index contributed by atoms with van der Waals surface area (Å²) in [5.41, 5.74) is 9.72. The van der Waals surface area contributed by atoms with Gasteiger partial charge in [0.1, 0.15) is 5.82 Å². The number of benzene rings is 2. The lowest BCUT2D eigenvalue weighted by Gasteiger charge is -2.08. The maximum Gasteiger partial charge on any atom is 0.255 e. The minimum atomic E-state index is -0.277. The molecule has 146 valence electrons. The molecular weight excluding hydrogens is 364 g/mol. The van der Waals surface area contributed by atoms with E-state index in [1.807, 2.05) is 31.2 Å². The highest BCUT2D eigenvalue weighted by Gasteiger charge is 2.08. The van der Waals surface area contributed by atoms with Crippen molar-refractivity contribution in [3.63, 3.8) is 0 Å². The third kappa shape index (κ3) is 5.77. The van der Waals surface area contributed by atoms with Crippen LogP contribution in [-0.2, 0) is 11.3 Å². The molecule has 29 heavy (non-hydrogen) atoms. The molecule has 0 saturated heterocycles. The van der Waals surface area contributed by atoms with Crippen LogP contribution in [0.25, 0.3) is 6.08 Å². The molecule has 6 nitrogen and oxygen atoms in total. The highest BCUT2D eigenvalue weighted by molar-refractivity contribution is 6.05. The summed E-state index contributed by atoms with van der Waals surface area (Å²) < 4.78 is 0. The van der Waals surface area contributed by atoms with Crippen LogP contribution in [0.3, 0.4) is 0 Å². The van der Waals surface area contributed by atoms with Gasteiger partial charge in [0.2, 0.25) is 5.91 Å². The van der Waals surface area contributed by atoms with E-state index in [-0.39, 0.29) is 17.6 Å². The second-order valence-corrected chi connectivity index (χ2v) is 6.55. The molecule has 2 aromatic carbocycles. The SMILES string of the molecule is Cc1ccc(/C=C/C(=O)NCc2ccc(C(=O)Nc3cccnc3N)cc2)cc1. The summed E-state index contributed by atoms with van der Waals surface area (Å²) in [6.45, 7) is 2.39.